The van der Waals surface area contributed by atoms with Gasteiger partial charge in [-0.25, -0.2) is 0 Å². The van der Waals surface area contributed by atoms with Gasteiger partial charge in [-0.1, -0.05) is 27.7 Å². The van der Waals surface area contributed by atoms with Crippen LogP contribution in [0.15, 0.2) is 0 Å². The van der Waals surface area contributed by atoms with Gasteiger partial charge in [0.05, 0.1) is 6.61 Å². The first-order valence-electron chi connectivity index (χ1n) is 7.22. The second kappa shape index (κ2) is 5.60. The predicted molar refractivity (Wildman–Crippen MR) is 74.4 cm³/mol. The average Bonchev–Trinajstić information content (AvgIpc) is 2.49. The van der Waals surface area contributed by atoms with Crippen molar-refractivity contribution in [1.29, 1.82) is 0 Å². The van der Waals surface area contributed by atoms with Gasteiger partial charge in [0.2, 0.25) is 0 Å². The Morgan fingerprint density at radius 2 is 2.06 bits per heavy atom. The summed E-state index contributed by atoms with van der Waals surface area (Å²) in [5, 5.41) is 3.56. The van der Waals surface area contributed by atoms with E-state index in [1.165, 1.54) is 0 Å². The summed E-state index contributed by atoms with van der Waals surface area (Å²) in [4.78, 5) is 12.4. The van der Waals surface area contributed by atoms with Gasteiger partial charge in [0.1, 0.15) is 5.54 Å². The molecular weight excluding hydrogens is 226 g/mol. The van der Waals surface area contributed by atoms with E-state index in [0.717, 1.165) is 19.3 Å². The number of ether oxygens (including phenoxy) is 1. The van der Waals surface area contributed by atoms with Gasteiger partial charge in [0, 0.05) is 6.04 Å². The van der Waals surface area contributed by atoms with Crippen LogP contribution >= 0.6 is 0 Å². The third-order valence-electron chi connectivity index (χ3n) is 4.21. The maximum Gasteiger partial charge on any atom is 0.326 e. The lowest BCUT2D eigenvalue weighted by molar-refractivity contribution is -0.153. The zero-order valence-corrected chi connectivity index (χ0v) is 12.8. The van der Waals surface area contributed by atoms with Crippen LogP contribution in [0, 0.1) is 11.3 Å². The fraction of sp³-hybridized carbons (Fsp3) is 0.933. The van der Waals surface area contributed by atoms with Crippen molar-refractivity contribution in [3.8, 4) is 0 Å². The molecule has 1 saturated carbocycles. The van der Waals surface area contributed by atoms with Crippen molar-refractivity contribution in [2.24, 2.45) is 11.3 Å². The Labute approximate surface area is 112 Å². The predicted octanol–water partition coefficient (Wildman–Crippen LogP) is 3.13. The highest BCUT2D eigenvalue weighted by Gasteiger charge is 2.54. The first-order valence-corrected chi connectivity index (χ1v) is 7.22. The van der Waals surface area contributed by atoms with Gasteiger partial charge in [0.15, 0.2) is 0 Å². The molecular formula is C15H29NO2. The minimum absolute atomic E-state index is 0.0663. The minimum Gasteiger partial charge on any atom is -0.465 e. The molecule has 0 spiro atoms. The first-order chi connectivity index (χ1) is 8.27. The van der Waals surface area contributed by atoms with E-state index in [4.69, 9.17) is 4.74 Å². The quantitative estimate of drug-likeness (QED) is 0.767. The van der Waals surface area contributed by atoms with Gasteiger partial charge < -0.3 is 4.74 Å². The number of hydrogen-bond acceptors (Lipinski definition) is 3. The number of rotatable bonds is 5. The van der Waals surface area contributed by atoms with Crippen molar-refractivity contribution in [3.05, 3.63) is 0 Å². The summed E-state index contributed by atoms with van der Waals surface area (Å²) in [6.45, 7) is 13.3. The van der Waals surface area contributed by atoms with E-state index in [1.807, 2.05) is 6.92 Å². The molecule has 18 heavy (non-hydrogen) atoms. The van der Waals surface area contributed by atoms with Crippen molar-refractivity contribution in [3.63, 3.8) is 0 Å². The zero-order chi connectivity index (χ0) is 14.0. The molecule has 0 aromatic carbocycles. The van der Waals surface area contributed by atoms with Gasteiger partial charge in [-0.05, 0) is 44.4 Å². The van der Waals surface area contributed by atoms with Crippen LogP contribution in [0.25, 0.3) is 0 Å². The molecule has 3 unspecified atom stereocenters. The van der Waals surface area contributed by atoms with Gasteiger partial charge in [-0.15, -0.1) is 0 Å². The Balaban J connectivity index is 2.98. The third kappa shape index (κ3) is 3.05. The summed E-state index contributed by atoms with van der Waals surface area (Å²) in [6, 6.07) is 0.339. The lowest BCUT2D eigenvalue weighted by atomic mass is 9.85. The average molecular weight is 255 g/mol. The van der Waals surface area contributed by atoms with Crippen LogP contribution in [-0.2, 0) is 9.53 Å². The molecule has 3 heteroatoms. The molecule has 0 aliphatic heterocycles. The highest BCUT2D eigenvalue weighted by molar-refractivity contribution is 5.82. The Morgan fingerprint density at radius 1 is 1.44 bits per heavy atom. The fourth-order valence-electron chi connectivity index (χ4n) is 3.33. The Hall–Kier alpha value is -0.570. The molecule has 1 rings (SSSR count). The molecule has 0 radical (unpaired) electrons. The van der Waals surface area contributed by atoms with E-state index in [9.17, 15) is 4.79 Å². The Morgan fingerprint density at radius 3 is 2.44 bits per heavy atom. The van der Waals surface area contributed by atoms with Crippen LogP contribution < -0.4 is 5.32 Å². The molecule has 106 valence electrons. The Kier molecular flexibility index (Phi) is 4.82. The SMILES string of the molecule is CCOC(=O)C1(NC(C)CC)CC(C)(C)CC1C. The molecule has 1 fully saturated rings. The van der Waals surface area contributed by atoms with E-state index >= 15 is 0 Å². The highest BCUT2D eigenvalue weighted by atomic mass is 16.5. The number of hydrogen-bond donors (Lipinski definition) is 1. The first kappa shape index (κ1) is 15.5. The number of esters is 1. The summed E-state index contributed by atoms with van der Waals surface area (Å²) in [6.07, 6.45) is 2.95. The van der Waals surface area contributed by atoms with Gasteiger partial charge in [-0.3, -0.25) is 10.1 Å². The van der Waals surface area contributed by atoms with Gasteiger partial charge in [-0.2, -0.15) is 0 Å². The molecule has 0 aromatic rings. The molecule has 0 saturated heterocycles. The summed E-state index contributed by atoms with van der Waals surface area (Å²) < 4.78 is 5.34. The summed E-state index contributed by atoms with van der Waals surface area (Å²) >= 11 is 0. The van der Waals surface area contributed by atoms with Crippen molar-refractivity contribution in [1.82, 2.24) is 5.32 Å². The summed E-state index contributed by atoms with van der Waals surface area (Å²) in [5.41, 5.74) is -0.290. The molecule has 1 aliphatic carbocycles. The Bertz CT molecular complexity index is 301. The molecule has 0 heterocycles. The van der Waals surface area contributed by atoms with Crippen LogP contribution in [0.5, 0.6) is 0 Å². The van der Waals surface area contributed by atoms with Crippen molar-refractivity contribution in [2.75, 3.05) is 6.61 Å². The van der Waals surface area contributed by atoms with Crippen molar-refractivity contribution >= 4 is 5.97 Å². The zero-order valence-electron chi connectivity index (χ0n) is 12.8. The second-order valence-corrected chi connectivity index (χ2v) is 6.59. The van der Waals surface area contributed by atoms with E-state index in [1.54, 1.807) is 0 Å². The van der Waals surface area contributed by atoms with E-state index < -0.39 is 5.54 Å². The van der Waals surface area contributed by atoms with Crippen LogP contribution in [0.3, 0.4) is 0 Å². The summed E-state index contributed by atoms with van der Waals surface area (Å²) in [7, 11) is 0. The van der Waals surface area contributed by atoms with E-state index in [0.29, 0.717) is 18.6 Å². The molecule has 0 aromatic heterocycles. The summed E-state index contributed by atoms with van der Waals surface area (Å²) in [5.74, 6) is 0.254. The molecule has 0 bridgehead atoms. The van der Waals surface area contributed by atoms with Crippen LogP contribution in [0.4, 0.5) is 0 Å². The van der Waals surface area contributed by atoms with Crippen LogP contribution in [0.2, 0.25) is 0 Å². The second-order valence-electron chi connectivity index (χ2n) is 6.59. The topological polar surface area (TPSA) is 38.3 Å². The maximum absolute atomic E-state index is 12.4. The van der Waals surface area contributed by atoms with Gasteiger partial charge >= 0.3 is 5.97 Å². The van der Waals surface area contributed by atoms with E-state index in [-0.39, 0.29) is 11.4 Å². The minimum atomic E-state index is -0.491. The van der Waals surface area contributed by atoms with Gasteiger partial charge in [0.25, 0.3) is 0 Å². The largest absolute Gasteiger partial charge is 0.465 e. The van der Waals surface area contributed by atoms with Crippen LogP contribution in [-0.4, -0.2) is 24.2 Å². The lowest BCUT2D eigenvalue weighted by Crippen LogP contribution is -2.58. The third-order valence-corrected chi connectivity index (χ3v) is 4.21. The molecule has 3 atom stereocenters. The number of nitrogens with one attached hydrogen (secondary N) is 1. The molecule has 1 N–H and O–H groups in total. The van der Waals surface area contributed by atoms with Crippen molar-refractivity contribution < 1.29 is 9.53 Å². The molecule has 1 aliphatic rings. The normalized spacial score (nSPS) is 32.2. The van der Waals surface area contributed by atoms with E-state index in [2.05, 4.69) is 39.9 Å². The smallest absolute Gasteiger partial charge is 0.326 e. The lowest BCUT2D eigenvalue weighted by Gasteiger charge is -2.35. The fourth-order valence-corrected chi connectivity index (χ4v) is 3.33. The molecule has 3 nitrogen and oxygen atoms in total. The highest BCUT2D eigenvalue weighted by Crippen LogP contribution is 2.48. The standard InChI is InChI=1S/C15H29NO2/c1-7-12(4)16-15(13(17)18-8-2)10-14(5,6)9-11(15)3/h11-12,16H,7-10H2,1-6H3. The molecule has 0 amide bonds. The van der Waals surface area contributed by atoms with Crippen molar-refractivity contribution in [2.45, 2.75) is 72.4 Å². The maximum atomic E-state index is 12.4. The number of carbonyl (C=O) groups excluding carboxylic acids is 1. The number of carbonyl (C=O) groups is 1. The monoisotopic (exact) mass is 255 g/mol. The van der Waals surface area contributed by atoms with Crippen LogP contribution in [0.1, 0.15) is 60.8 Å².